The lowest BCUT2D eigenvalue weighted by Crippen LogP contribution is -2.34. The topological polar surface area (TPSA) is 67.9 Å². The van der Waals surface area contributed by atoms with Gasteiger partial charge in [0.15, 0.2) is 0 Å². The molecule has 0 bridgehead atoms. The number of hydrogen-bond acceptors (Lipinski definition) is 5. The fraction of sp³-hybridized carbons (Fsp3) is 0.400. The molecule has 1 atom stereocenters. The molecule has 0 aliphatic heterocycles. The van der Waals surface area contributed by atoms with Gasteiger partial charge in [-0.25, -0.2) is 8.42 Å². The lowest BCUT2D eigenvalue weighted by Gasteiger charge is -2.32. The Kier molecular flexibility index (Phi) is 6.53. The second-order valence-corrected chi connectivity index (χ2v) is 9.54. The summed E-state index contributed by atoms with van der Waals surface area (Å²) in [7, 11) is 3.21. The summed E-state index contributed by atoms with van der Waals surface area (Å²) in [6.45, 7) is 0. The number of nitrogens with one attached hydrogen (secondary N) is 1. The summed E-state index contributed by atoms with van der Waals surface area (Å²) < 4.78 is 39.4. The maximum atomic E-state index is 13.1. The summed E-state index contributed by atoms with van der Waals surface area (Å²) in [6.07, 6.45) is 2.46. The molecule has 0 heterocycles. The number of hydrogen-bond donors (Lipinski definition) is 1. The normalized spacial score (nSPS) is 16.4. The predicted molar refractivity (Wildman–Crippen MR) is 116 cm³/mol. The Morgan fingerprint density at radius 2 is 1.66 bits per heavy atom. The van der Waals surface area contributed by atoms with E-state index in [1.807, 2.05) is 14.1 Å². The Labute approximate surface area is 181 Å². The lowest BCUT2D eigenvalue weighted by atomic mass is 9.86. The van der Waals surface area contributed by atoms with E-state index in [-0.39, 0.29) is 14.9 Å². The molecular weight excluding hydrogens is 435 g/mol. The van der Waals surface area contributed by atoms with E-state index in [4.69, 9.17) is 32.7 Å². The molecule has 2 aromatic rings. The number of nitrogens with zero attached hydrogens (tertiary/aromatic N) is 1. The van der Waals surface area contributed by atoms with Crippen LogP contribution in [-0.2, 0) is 22.9 Å². The number of sulfonamides is 1. The summed E-state index contributed by atoms with van der Waals surface area (Å²) in [4.78, 5) is 2.08. The molecule has 158 valence electrons. The molecule has 0 aromatic heterocycles. The third-order valence-electron chi connectivity index (χ3n) is 5.27. The van der Waals surface area contributed by atoms with Crippen LogP contribution < -0.4 is 14.2 Å². The Balaban J connectivity index is 2.01. The van der Waals surface area contributed by atoms with E-state index in [1.54, 1.807) is 19.2 Å². The van der Waals surface area contributed by atoms with Gasteiger partial charge >= 0.3 is 0 Å². The zero-order valence-corrected chi connectivity index (χ0v) is 19.1. The molecule has 6 nitrogen and oxygen atoms in total. The quantitative estimate of drug-likeness (QED) is 0.701. The summed E-state index contributed by atoms with van der Waals surface area (Å²) >= 11 is 12.4. The summed E-state index contributed by atoms with van der Waals surface area (Å²) in [5, 5.41) is -0.0174. The monoisotopic (exact) mass is 458 g/mol. The predicted octanol–water partition coefficient (Wildman–Crippen LogP) is 4.23. The van der Waals surface area contributed by atoms with Crippen LogP contribution in [0.3, 0.4) is 0 Å². The molecule has 0 radical (unpaired) electrons. The van der Waals surface area contributed by atoms with Crippen molar-refractivity contribution in [2.45, 2.75) is 30.2 Å². The molecule has 0 spiro atoms. The highest BCUT2D eigenvalue weighted by Gasteiger charge is 2.28. The van der Waals surface area contributed by atoms with Gasteiger partial charge < -0.3 is 14.4 Å². The average molecular weight is 459 g/mol. The van der Waals surface area contributed by atoms with Crippen molar-refractivity contribution in [2.75, 3.05) is 33.0 Å². The number of anilines is 1. The van der Waals surface area contributed by atoms with Crippen LogP contribution in [0.25, 0.3) is 0 Å². The number of likely N-dealkylation sites (N-methyl/N-ethyl adjacent to an activating group) is 1. The van der Waals surface area contributed by atoms with Crippen molar-refractivity contribution in [3.63, 3.8) is 0 Å². The van der Waals surface area contributed by atoms with Gasteiger partial charge in [0.25, 0.3) is 10.0 Å². The Bertz CT molecular complexity index is 1030. The molecule has 29 heavy (non-hydrogen) atoms. The van der Waals surface area contributed by atoms with Gasteiger partial charge in [0.1, 0.15) is 21.4 Å². The van der Waals surface area contributed by atoms with Gasteiger partial charge in [-0.2, -0.15) is 0 Å². The van der Waals surface area contributed by atoms with Crippen LogP contribution in [0.1, 0.15) is 17.5 Å². The van der Waals surface area contributed by atoms with Crippen LogP contribution in [0.4, 0.5) is 5.69 Å². The third-order valence-corrected chi connectivity index (χ3v) is 7.66. The van der Waals surface area contributed by atoms with Gasteiger partial charge in [-0.1, -0.05) is 23.2 Å². The minimum atomic E-state index is -3.95. The standard InChI is InChI=1S/C20H24Cl2N2O4S/c1-24(2)12-5-6-13-14(11-12)16(27-3)8-7-15(13)23-29(25,26)18-10-9-17(28-4)19(21)20(18)22/h7-10,12,23H,5-6,11H2,1-4H3. The van der Waals surface area contributed by atoms with E-state index in [0.29, 0.717) is 17.5 Å². The fourth-order valence-electron chi connectivity index (χ4n) is 3.64. The van der Waals surface area contributed by atoms with E-state index >= 15 is 0 Å². The second-order valence-electron chi connectivity index (χ2n) is 7.13. The first-order valence-corrected chi connectivity index (χ1v) is 11.3. The van der Waals surface area contributed by atoms with Crippen LogP contribution in [-0.4, -0.2) is 47.7 Å². The largest absolute Gasteiger partial charge is 0.496 e. The molecule has 1 aliphatic rings. The Morgan fingerprint density at radius 3 is 2.28 bits per heavy atom. The molecule has 0 fully saturated rings. The van der Waals surface area contributed by atoms with Crippen LogP contribution >= 0.6 is 23.2 Å². The molecule has 9 heteroatoms. The Morgan fingerprint density at radius 1 is 1.00 bits per heavy atom. The molecule has 1 aliphatic carbocycles. The van der Waals surface area contributed by atoms with Crippen molar-refractivity contribution in [1.82, 2.24) is 4.90 Å². The highest BCUT2D eigenvalue weighted by molar-refractivity contribution is 7.92. The zero-order valence-electron chi connectivity index (χ0n) is 16.8. The number of benzene rings is 2. The third kappa shape index (κ3) is 4.28. The molecule has 1 N–H and O–H groups in total. The van der Waals surface area contributed by atoms with Gasteiger partial charge in [-0.3, -0.25) is 4.72 Å². The number of fused-ring (bicyclic) bond motifs is 1. The maximum absolute atomic E-state index is 13.1. The SMILES string of the molecule is COc1ccc(S(=O)(=O)Nc2ccc(OC)c3c2CCC(N(C)C)C3)c(Cl)c1Cl. The number of ether oxygens (including phenoxy) is 2. The van der Waals surface area contributed by atoms with Crippen molar-refractivity contribution in [3.8, 4) is 11.5 Å². The minimum Gasteiger partial charge on any atom is -0.496 e. The van der Waals surface area contributed by atoms with E-state index in [2.05, 4.69) is 9.62 Å². The number of methoxy groups -OCH3 is 2. The first kappa shape index (κ1) is 22.0. The van der Waals surface area contributed by atoms with Gasteiger partial charge in [-0.05, 0) is 63.2 Å². The van der Waals surface area contributed by atoms with Crippen molar-refractivity contribution in [3.05, 3.63) is 45.4 Å². The van der Waals surface area contributed by atoms with Crippen LogP contribution in [0.5, 0.6) is 11.5 Å². The van der Waals surface area contributed by atoms with E-state index < -0.39 is 10.0 Å². The summed E-state index contributed by atoms with van der Waals surface area (Å²) in [6, 6.07) is 6.75. The fourth-order valence-corrected chi connectivity index (χ4v) is 5.57. The number of halogens is 2. The van der Waals surface area contributed by atoms with E-state index in [9.17, 15) is 8.42 Å². The van der Waals surface area contributed by atoms with Crippen molar-refractivity contribution in [1.29, 1.82) is 0 Å². The van der Waals surface area contributed by atoms with Gasteiger partial charge in [-0.15, -0.1) is 0 Å². The van der Waals surface area contributed by atoms with Crippen molar-refractivity contribution < 1.29 is 17.9 Å². The lowest BCUT2D eigenvalue weighted by molar-refractivity contribution is 0.265. The minimum absolute atomic E-state index is 0.0580. The highest BCUT2D eigenvalue weighted by atomic mass is 35.5. The highest BCUT2D eigenvalue weighted by Crippen LogP contribution is 2.39. The van der Waals surface area contributed by atoms with Crippen molar-refractivity contribution in [2.24, 2.45) is 0 Å². The summed E-state index contributed by atoms with van der Waals surface area (Å²) in [5.41, 5.74) is 2.50. The Hall–Kier alpha value is -1.67. The van der Waals surface area contributed by atoms with Crippen LogP contribution in [0, 0.1) is 0 Å². The van der Waals surface area contributed by atoms with Gasteiger partial charge in [0.2, 0.25) is 0 Å². The molecule has 2 aromatic carbocycles. The summed E-state index contributed by atoms with van der Waals surface area (Å²) in [5.74, 6) is 1.08. The maximum Gasteiger partial charge on any atom is 0.263 e. The van der Waals surface area contributed by atoms with Gasteiger partial charge in [0.05, 0.1) is 24.9 Å². The molecule has 0 amide bonds. The first-order valence-electron chi connectivity index (χ1n) is 9.09. The number of rotatable bonds is 6. The zero-order chi connectivity index (χ0) is 21.3. The molecule has 3 rings (SSSR count). The molecule has 0 saturated carbocycles. The molecule has 1 unspecified atom stereocenters. The average Bonchev–Trinajstić information content (AvgIpc) is 2.69. The van der Waals surface area contributed by atoms with E-state index in [0.717, 1.165) is 36.1 Å². The smallest absolute Gasteiger partial charge is 0.263 e. The van der Waals surface area contributed by atoms with E-state index in [1.165, 1.54) is 19.2 Å². The first-order chi connectivity index (χ1) is 13.7. The molecular formula is C20H24Cl2N2O4S. The second kappa shape index (κ2) is 8.60. The van der Waals surface area contributed by atoms with Crippen LogP contribution in [0.15, 0.2) is 29.2 Å². The van der Waals surface area contributed by atoms with Gasteiger partial charge in [0, 0.05) is 11.6 Å². The van der Waals surface area contributed by atoms with Crippen molar-refractivity contribution >= 4 is 38.9 Å². The molecule has 0 saturated heterocycles. The van der Waals surface area contributed by atoms with Crippen LogP contribution in [0.2, 0.25) is 10.0 Å².